The number of hydrogen-bond donors (Lipinski definition) is 1. The van der Waals surface area contributed by atoms with Gasteiger partial charge in [0.15, 0.2) is 0 Å². The molecule has 0 aliphatic rings. The molecule has 0 fully saturated rings. The van der Waals surface area contributed by atoms with Crippen LogP contribution in [-0.2, 0) is 12.0 Å². The number of rotatable bonds is 3. The summed E-state index contributed by atoms with van der Waals surface area (Å²) >= 11 is 5.30. The van der Waals surface area contributed by atoms with E-state index >= 15 is 0 Å². The van der Waals surface area contributed by atoms with Gasteiger partial charge in [-0.3, -0.25) is 0 Å². The van der Waals surface area contributed by atoms with Crippen LogP contribution in [0.15, 0.2) is 56.7 Å². The summed E-state index contributed by atoms with van der Waals surface area (Å²) in [5.74, 6) is 0. The van der Waals surface area contributed by atoms with Crippen molar-refractivity contribution in [2.45, 2.75) is 42.5 Å². The predicted molar refractivity (Wildman–Crippen MR) is 91.3 cm³/mol. The van der Waals surface area contributed by atoms with Crippen LogP contribution in [0.25, 0.3) is 0 Å². The lowest BCUT2D eigenvalue weighted by molar-refractivity contribution is 0.590. The first-order valence-corrected chi connectivity index (χ1v) is 8.27. The van der Waals surface area contributed by atoms with Crippen molar-refractivity contribution in [3.8, 4) is 0 Å². The minimum atomic E-state index is 0.200. The molecule has 0 saturated carbocycles. The second-order valence-corrected chi connectivity index (χ2v) is 7.94. The van der Waals surface area contributed by atoms with E-state index in [1.165, 1.54) is 15.4 Å². The second-order valence-electron chi connectivity index (χ2n) is 5.88. The lowest BCUT2D eigenvalue weighted by Gasteiger charge is -2.19. The topological polar surface area (TPSA) is 26.0 Å². The van der Waals surface area contributed by atoms with Crippen LogP contribution < -0.4 is 5.73 Å². The fourth-order valence-electron chi connectivity index (χ4n) is 1.96. The third kappa shape index (κ3) is 4.11. The van der Waals surface area contributed by atoms with Gasteiger partial charge in [0, 0.05) is 20.8 Å². The molecule has 20 heavy (non-hydrogen) atoms. The largest absolute Gasteiger partial charge is 0.326 e. The molecule has 2 N–H and O–H groups in total. The van der Waals surface area contributed by atoms with Gasteiger partial charge in [-0.05, 0) is 46.9 Å². The van der Waals surface area contributed by atoms with Gasteiger partial charge in [0.25, 0.3) is 0 Å². The van der Waals surface area contributed by atoms with Gasteiger partial charge < -0.3 is 5.73 Å². The SMILES string of the molecule is CC(C)(C)c1ccc(Sc2cc(Br)cc(CN)c2)cc1. The molecule has 2 aromatic carbocycles. The van der Waals surface area contributed by atoms with Crippen LogP contribution in [0.5, 0.6) is 0 Å². The Balaban J connectivity index is 2.20. The fraction of sp³-hybridized carbons (Fsp3) is 0.294. The van der Waals surface area contributed by atoms with Crippen molar-refractivity contribution in [3.05, 3.63) is 58.1 Å². The van der Waals surface area contributed by atoms with Crippen molar-refractivity contribution >= 4 is 27.7 Å². The zero-order chi connectivity index (χ0) is 14.8. The van der Waals surface area contributed by atoms with Crippen LogP contribution in [0, 0.1) is 0 Å². The second kappa shape index (κ2) is 6.33. The maximum Gasteiger partial charge on any atom is 0.0189 e. The molecule has 0 aliphatic heterocycles. The van der Waals surface area contributed by atoms with E-state index in [1.54, 1.807) is 11.8 Å². The lowest BCUT2D eigenvalue weighted by atomic mass is 9.87. The molecular weight excluding hydrogens is 330 g/mol. The summed E-state index contributed by atoms with van der Waals surface area (Å²) in [6.45, 7) is 7.26. The van der Waals surface area contributed by atoms with Crippen LogP contribution in [-0.4, -0.2) is 0 Å². The molecule has 2 aromatic rings. The molecular formula is C17H20BrNS. The zero-order valence-corrected chi connectivity index (χ0v) is 14.5. The van der Waals surface area contributed by atoms with Gasteiger partial charge in [0.1, 0.15) is 0 Å². The first-order chi connectivity index (χ1) is 9.38. The van der Waals surface area contributed by atoms with Crippen LogP contribution in [0.1, 0.15) is 31.9 Å². The van der Waals surface area contributed by atoms with Crippen molar-refractivity contribution in [3.63, 3.8) is 0 Å². The lowest BCUT2D eigenvalue weighted by Crippen LogP contribution is -2.10. The van der Waals surface area contributed by atoms with Gasteiger partial charge in [0.2, 0.25) is 0 Å². The van der Waals surface area contributed by atoms with E-state index in [9.17, 15) is 0 Å². The Morgan fingerprint density at radius 2 is 1.65 bits per heavy atom. The molecule has 0 aliphatic carbocycles. The summed E-state index contributed by atoms with van der Waals surface area (Å²) in [5.41, 5.74) is 8.43. The molecule has 0 spiro atoms. The van der Waals surface area contributed by atoms with Gasteiger partial charge in [-0.15, -0.1) is 0 Å². The molecule has 0 aromatic heterocycles. The molecule has 3 heteroatoms. The Morgan fingerprint density at radius 1 is 1.00 bits per heavy atom. The number of halogens is 1. The minimum Gasteiger partial charge on any atom is -0.326 e. The number of nitrogens with two attached hydrogens (primary N) is 1. The number of hydrogen-bond acceptors (Lipinski definition) is 2. The van der Waals surface area contributed by atoms with Crippen molar-refractivity contribution in [1.82, 2.24) is 0 Å². The first kappa shape index (κ1) is 15.6. The van der Waals surface area contributed by atoms with E-state index in [1.807, 2.05) is 0 Å². The summed E-state index contributed by atoms with van der Waals surface area (Å²) in [6.07, 6.45) is 0. The summed E-state index contributed by atoms with van der Waals surface area (Å²) in [6, 6.07) is 15.1. The van der Waals surface area contributed by atoms with Gasteiger partial charge in [-0.1, -0.05) is 60.6 Å². The average molecular weight is 350 g/mol. The highest BCUT2D eigenvalue weighted by atomic mass is 79.9. The van der Waals surface area contributed by atoms with E-state index in [0.29, 0.717) is 6.54 Å². The van der Waals surface area contributed by atoms with Crippen molar-refractivity contribution in [1.29, 1.82) is 0 Å². The van der Waals surface area contributed by atoms with E-state index in [-0.39, 0.29) is 5.41 Å². The molecule has 1 nitrogen and oxygen atoms in total. The highest BCUT2D eigenvalue weighted by molar-refractivity contribution is 9.10. The minimum absolute atomic E-state index is 0.200. The highest BCUT2D eigenvalue weighted by Crippen LogP contribution is 2.32. The van der Waals surface area contributed by atoms with Crippen molar-refractivity contribution in [2.24, 2.45) is 5.73 Å². The standard InChI is InChI=1S/C17H20BrNS/c1-17(2,3)13-4-6-15(7-5-13)20-16-9-12(11-19)8-14(18)10-16/h4-10H,11,19H2,1-3H3. The zero-order valence-electron chi connectivity index (χ0n) is 12.1. The third-order valence-electron chi connectivity index (χ3n) is 3.12. The van der Waals surface area contributed by atoms with E-state index < -0.39 is 0 Å². The monoisotopic (exact) mass is 349 g/mol. The fourth-order valence-corrected chi connectivity index (χ4v) is 3.59. The Labute approximate surface area is 134 Å². The first-order valence-electron chi connectivity index (χ1n) is 6.66. The third-order valence-corrected chi connectivity index (χ3v) is 4.56. The van der Waals surface area contributed by atoms with Crippen molar-refractivity contribution < 1.29 is 0 Å². The summed E-state index contributed by atoms with van der Waals surface area (Å²) in [4.78, 5) is 2.46. The average Bonchev–Trinajstić information content (AvgIpc) is 2.37. The van der Waals surface area contributed by atoms with Crippen LogP contribution in [0.3, 0.4) is 0 Å². The summed E-state index contributed by atoms with van der Waals surface area (Å²) in [7, 11) is 0. The summed E-state index contributed by atoms with van der Waals surface area (Å²) in [5, 5.41) is 0. The van der Waals surface area contributed by atoms with Crippen molar-refractivity contribution in [2.75, 3.05) is 0 Å². The molecule has 0 saturated heterocycles. The molecule has 0 bridgehead atoms. The molecule has 0 atom stereocenters. The molecule has 106 valence electrons. The maximum absolute atomic E-state index is 5.72. The Hall–Kier alpha value is -0.770. The van der Waals surface area contributed by atoms with Crippen LogP contribution in [0.2, 0.25) is 0 Å². The normalized spacial score (nSPS) is 11.7. The number of benzene rings is 2. The van der Waals surface area contributed by atoms with E-state index in [0.717, 1.165) is 10.0 Å². The van der Waals surface area contributed by atoms with Gasteiger partial charge in [-0.2, -0.15) is 0 Å². The van der Waals surface area contributed by atoms with Gasteiger partial charge >= 0.3 is 0 Å². The van der Waals surface area contributed by atoms with Gasteiger partial charge in [-0.25, -0.2) is 0 Å². The smallest absolute Gasteiger partial charge is 0.0189 e. The molecule has 0 heterocycles. The van der Waals surface area contributed by atoms with E-state index in [4.69, 9.17) is 5.73 Å². The predicted octanol–water partition coefficient (Wildman–Crippen LogP) is 5.36. The molecule has 0 amide bonds. The molecule has 0 radical (unpaired) electrons. The van der Waals surface area contributed by atoms with E-state index in [2.05, 4.69) is 79.2 Å². The summed E-state index contributed by atoms with van der Waals surface area (Å²) < 4.78 is 1.08. The van der Waals surface area contributed by atoms with Crippen LogP contribution >= 0.6 is 27.7 Å². The maximum atomic E-state index is 5.72. The Morgan fingerprint density at radius 3 is 2.20 bits per heavy atom. The van der Waals surface area contributed by atoms with Crippen LogP contribution in [0.4, 0.5) is 0 Å². The highest BCUT2D eigenvalue weighted by Gasteiger charge is 2.13. The quantitative estimate of drug-likeness (QED) is 0.807. The van der Waals surface area contributed by atoms with Gasteiger partial charge in [0.05, 0.1) is 0 Å². The molecule has 2 rings (SSSR count). The Kier molecular flexibility index (Phi) is 4.95. The Bertz CT molecular complexity index is 585. The molecule has 0 unspecified atom stereocenters.